The second-order valence-corrected chi connectivity index (χ2v) is 10.6. The molecule has 0 spiro atoms. The van der Waals surface area contributed by atoms with Crippen LogP contribution < -0.4 is 27.2 Å². The number of carbonyl (C=O) groups is 1. The van der Waals surface area contributed by atoms with Gasteiger partial charge >= 0.3 is 5.69 Å². The molecule has 2 aliphatic carbocycles. The van der Waals surface area contributed by atoms with Gasteiger partial charge in [0.05, 0.1) is 12.2 Å². The van der Waals surface area contributed by atoms with E-state index in [1.54, 1.807) is 16.8 Å². The number of aromatic hydroxyl groups is 1. The molecule has 1 aliphatic heterocycles. The van der Waals surface area contributed by atoms with Gasteiger partial charge < -0.3 is 25.6 Å². The van der Waals surface area contributed by atoms with Crippen molar-refractivity contribution in [2.24, 2.45) is 4.99 Å². The molecular formula is C25H34N10O3. The number of hydrogen-bond acceptors (Lipinski definition) is 9. The third kappa shape index (κ3) is 5.72. The molecule has 3 fully saturated rings. The lowest BCUT2D eigenvalue weighted by atomic mass is 9.91. The standard InChI is InChI=1S/C25H34N10O3/c36-20(9-12-34-10-1-2-11-34)27-16-3-5-17(6-4-16)28-23-31-21-15(13-19-22(37)32-25(38)30-19)14-26-35(21)24(33-23)29-18-7-8-18/h13-14,16-18,37H,1-12H2,(H,27,36)(H,28,29,33)(H2,30,32,38)/b15-13+. The predicted molar refractivity (Wildman–Crippen MR) is 139 cm³/mol. The van der Waals surface area contributed by atoms with Crippen LogP contribution in [0.5, 0.6) is 5.88 Å². The first-order chi connectivity index (χ1) is 18.5. The van der Waals surface area contributed by atoms with Gasteiger partial charge in [-0.3, -0.25) is 9.78 Å². The van der Waals surface area contributed by atoms with Gasteiger partial charge in [-0.2, -0.15) is 19.6 Å². The van der Waals surface area contributed by atoms with Gasteiger partial charge in [0.25, 0.3) is 5.62 Å². The smallest absolute Gasteiger partial charge is 0.326 e. The van der Waals surface area contributed by atoms with Crippen molar-refractivity contribution in [1.82, 2.24) is 39.8 Å². The number of amides is 1. The summed E-state index contributed by atoms with van der Waals surface area (Å²) in [7, 11) is 0. The zero-order valence-electron chi connectivity index (χ0n) is 21.3. The molecule has 13 nitrogen and oxygen atoms in total. The predicted octanol–water partition coefficient (Wildman–Crippen LogP) is -0.218. The number of aromatic nitrogens is 6. The second-order valence-electron chi connectivity index (χ2n) is 10.6. The Morgan fingerprint density at radius 3 is 2.58 bits per heavy atom. The zero-order chi connectivity index (χ0) is 26.1. The fraction of sp³-hybridized carbons (Fsp3) is 0.600. The Morgan fingerprint density at radius 1 is 1.11 bits per heavy atom. The van der Waals surface area contributed by atoms with E-state index < -0.39 is 5.69 Å². The molecule has 13 heteroatoms. The van der Waals surface area contributed by atoms with Gasteiger partial charge in [-0.1, -0.05) is 0 Å². The highest BCUT2D eigenvalue weighted by molar-refractivity contribution is 5.76. The highest BCUT2D eigenvalue weighted by Crippen LogP contribution is 2.23. The third-order valence-corrected chi connectivity index (χ3v) is 7.54. The van der Waals surface area contributed by atoms with Crippen molar-refractivity contribution in [3.63, 3.8) is 0 Å². The average Bonchev–Trinajstić information content (AvgIpc) is 3.24. The van der Waals surface area contributed by atoms with Crippen molar-refractivity contribution in [3.05, 3.63) is 33.2 Å². The summed E-state index contributed by atoms with van der Waals surface area (Å²) in [6.07, 6.45) is 11.9. The lowest BCUT2D eigenvalue weighted by Crippen LogP contribution is -2.41. The van der Waals surface area contributed by atoms with Crippen LogP contribution in [0.1, 0.15) is 63.5 Å². The number of nitrogens with one attached hydrogen (secondary N) is 4. The Bertz CT molecular complexity index is 1470. The Morgan fingerprint density at radius 2 is 1.87 bits per heavy atom. The number of rotatable bonds is 8. The second kappa shape index (κ2) is 10.6. The minimum atomic E-state index is -0.495. The molecule has 5 N–H and O–H groups in total. The van der Waals surface area contributed by atoms with Gasteiger partial charge in [0.2, 0.25) is 17.7 Å². The number of anilines is 1. The fourth-order valence-corrected chi connectivity index (χ4v) is 5.28. The highest BCUT2D eigenvalue weighted by atomic mass is 16.3. The minimum absolute atomic E-state index is 0.146. The summed E-state index contributed by atoms with van der Waals surface area (Å²) in [5.41, 5.74) is 0.761. The maximum absolute atomic E-state index is 12.4. The molecule has 202 valence electrons. The SMILES string of the molecule is O=C(CCN1CCCC1)NC1CCC(Nc2nc(=NC3CC3)n3nc/c(=C\c4[nH]c(=O)[nH]c4O)c3n2)CC1. The third-order valence-electron chi connectivity index (χ3n) is 7.54. The van der Waals surface area contributed by atoms with E-state index in [-0.39, 0.29) is 35.6 Å². The van der Waals surface area contributed by atoms with Gasteiger partial charge in [-0.05, 0) is 70.5 Å². The van der Waals surface area contributed by atoms with E-state index in [2.05, 4.69) is 35.6 Å². The zero-order valence-corrected chi connectivity index (χ0v) is 21.3. The molecule has 1 amide bonds. The van der Waals surface area contributed by atoms with Crippen LogP contribution in [0, 0.1) is 0 Å². The molecule has 2 saturated carbocycles. The van der Waals surface area contributed by atoms with Crippen LogP contribution in [0.25, 0.3) is 11.7 Å². The van der Waals surface area contributed by atoms with Crippen LogP contribution in [-0.2, 0) is 4.79 Å². The topological polar surface area (TPSA) is 169 Å². The molecule has 0 aromatic carbocycles. The van der Waals surface area contributed by atoms with E-state index in [1.807, 2.05) is 0 Å². The monoisotopic (exact) mass is 522 g/mol. The van der Waals surface area contributed by atoms with E-state index in [9.17, 15) is 14.7 Å². The van der Waals surface area contributed by atoms with E-state index in [0.29, 0.717) is 28.9 Å². The highest BCUT2D eigenvalue weighted by Gasteiger charge is 2.24. The molecule has 3 aromatic heterocycles. The van der Waals surface area contributed by atoms with E-state index in [1.165, 1.54) is 12.8 Å². The van der Waals surface area contributed by atoms with Gasteiger partial charge in [-0.15, -0.1) is 0 Å². The first kappa shape index (κ1) is 24.6. The van der Waals surface area contributed by atoms with Crippen LogP contribution in [0.4, 0.5) is 5.95 Å². The van der Waals surface area contributed by atoms with Crippen molar-refractivity contribution in [2.75, 3.05) is 25.0 Å². The van der Waals surface area contributed by atoms with Crippen LogP contribution >= 0.6 is 0 Å². The summed E-state index contributed by atoms with van der Waals surface area (Å²) in [5.74, 6) is 0.370. The van der Waals surface area contributed by atoms with Crippen LogP contribution in [0.2, 0.25) is 0 Å². The molecular weight excluding hydrogens is 488 g/mol. The van der Waals surface area contributed by atoms with Crippen molar-refractivity contribution in [1.29, 1.82) is 0 Å². The average molecular weight is 523 g/mol. The number of hydrogen-bond donors (Lipinski definition) is 5. The number of nitrogens with zero attached hydrogens (tertiary/aromatic N) is 6. The minimum Gasteiger partial charge on any atom is -0.493 e. The number of carbonyl (C=O) groups excluding carboxylic acids is 1. The summed E-state index contributed by atoms with van der Waals surface area (Å²) < 4.78 is 1.59. The maximum Gasteiger partial charge on any atom is 0.326 e. The Labute approximate surface area is 218 Å². The molecule has 3 aromatic rings. The van der Waals surface area contributed by atoms with Crippen molar-refractivity contribution >= 4 is 23.6 Å². The van der Waals surface area contributed by atoms with E-state index in [4.69, 9.17) is 9.98 Å². The lowest BCUT2D eigenvalue weighted by Gasteiger charge is -2.29. The van der Waals surface area contributed by atoms with Gasteiger partial charge in [0, 0.05) is 30.3 Å². The molecule has 1 saturated heterocycles. The molecule has 0 bridgehead atoms. The quantitative estimate of drug-likeness (QED) is 0.271. The summed E-state index contributed by atoms with van der Waals surface area (Å²) in [6.45, 7) is 3.07. The summed E-state index contributed by atoms with van der Waals surface area (Å²) >= 11 is 0. The number of likely N-dealkylation sites (tertiary alicyclic amines) is 1. The molecule has 0 radical (unpaired) electrons. The molecule has 6 rings (SSSR count). The van der Waals surface area contributed by atoms with Gasteiger partial charge in [0.15, 0.2) is 5.65 Å². The number of aromatic amines is 2. The van der Waals surface area contributed by atoms with Gasteiger partial charge in [-0.25, -0.2) is 9.79 Å². The summed E-state index contributed by atoms with van der Waals surface area (Å²) in [5, 5.41) is 21.7. The van der Waals surface area contributed by atoms with Crippen molar-refractivity contribution < 1.29 is 9.90 Å². The molecule has 38 heavy (non-hydrogen) atoms. The number of fused-ring (bicyclic) bond motifs is 1. The normalized spacial score (nSPS) is 23.4. The first-order valence-corrected chi connectivity index (χ1v) is 13.6. The largest absolute Gasteiger partial charge is 0.493 e. The van der Waals surface area contributed by atoms with Gasteiger partial charge in [0.1, 0.15) is 5.69 Å². The van der Waals surface area contributed by atoms with Crippen molar-refractivity contribution in [2.45, 2.75) is 75.9 Å². The van der Waals surface area contributed by atoms with Crippen LogP contribution in [0.3, 0.4) is 0 Å². The number of H-pyrrole nitrogens is 2. The van der Waals surface area contributed by atoms with Crippen LogP contribution in [0.15, 0.2) is 16.0 Å². The van der Waals surface area contributed by atoms with Crippen molar-refractivity contribution in [3.8, 4) is 5.88 Å². The summed E-state index contributed by atoms with van der Waals surface area (Å²) in [6, 6.07) is 0.631. The fourth-order valence-electron chi connectivity index (χ4n) is 5.28. The lowest BCUT2D eigenvalue weighted by molar-refractivity contribution is -0.122. The molecule has 3 aliphatic rings. The first-order valence-electron chi connectivity index (χ1n) is 13.6. The van der Waals surface area contributed by atoms with Crippen LogP contribution in [-0.4, -0.2) is 83.2 Å². The summed E-state index contributed by atoms with van der Waals surface area (Å²) in [4.78, 5) is 45.3. The number of imidazole rings is 1. The van der Waals surface area contributed by atoms with E-state index in [0.717, 1.165) is 58.2 Å². The van der Waals surface area contributed by atoms with E-state index >= 15 is 0 Å². The molecule has 0 atom stereocenters. The molecule has 4 heterocycles. The Hall–Kier alpha value is -3.74. The maximum atomic E-state index is 12.4. The molecule has 0 unspecified atom stereocenters. The Kier molecular flexibility index (Phi) is 6.83. The Balaban J connectivity index is 1.14.